The molecule has 0 heterocycles. The third-order valence-corrected chi connectivity index (χ3v) is 3.51. The van der Waals surface area contributed by atoms with Gasteiger partial charge in [-0.3, -0.25) is 10.1 Å². The molecule has 0 aromatic heterocycles. The molecule has 0 aliphatic carbocycles. The third-order valence-electron chi connectivity index (χ3n) is 3.51. The number of anilines is 2. The number of rotatable bonds is 6. The summed E-state index contributed by atoms with van der Waals surface area (Å²) in [7, 11) is 0. The summed E-state index contributed by atoms with van der Waals surface area (Å²) in [6, 6.07) is 16.5. The molecule has 2 aromatic carbocycles. The molecule has 2 amide bonds. The molecule has 1 atom stereocenters. The summed E-state index contributed by atoms with van der Waals surface area (Å²) in [5.74, 6) is -0.237. The molecule has 0 fully saturated rings. The highest BCUT2D eigenvalue weighted by Crippen LogP contribution is 2.16. The maximum absolute atomic E-state index is 12.2. The Balaban J connectivity index is 1.82. The Hall–Kier alpha value is -2.86. The van der Waals surface area contributed by atoms with Crippen LogP contribution in [0, 0.1) is 0 Å². The van der Waals surface area contributed by atoms with Gasteiger partial charge in [0.2, 0.25) is 0 Å². The van der Waals surface area contributed by atoms with E-state index in [2.05, 4.69) is 10.6 Å². The molecule has 1 unspecified atom stereocenters. The molecular weight excluding hydrogens is 344 g/mol. The van der Waals surface area contributed by atoms with Gasteiger partial charge < -0.3 is 14.8 Å². The van der Waals surface area contributed by atoms with Crippen LogP contribution in [0.25, 0.3) is 0 Å². The number of amides is 2. The van der Waals surface area contributed by atoms with E-state index in [1.165, 1.54) is 0 Å². The van der Waals surface area contributed by atoms with Crippen LogP contribution >= 0.6 is 0 Å². The number of carbonyl (C=O) groups excluding carboxylic acids is 2. The summed E-state index contributed by atoms with van der Waals surface area (Å²) < 4.78 is 10.8. The highest BCUT2D eigenvalue weighted by atomic mass is 16.6. The maximum Gasteiger partial charge on any atom is 0.412 e. The van der Waals surface area contributed by atoms with Crippen molar-refractivity contribution in [3.05, 3.63) is 60.2 Å². The van der Waals surface area contributed by atoms with Gasteiger partial charge in [0.25, 0.3) is 5.91 Å². The van der Waals surface area contributed by atoms with Crippen molar-refractivity contribution >= 4 is 23.4 Å². The van der Waals surface area contributed by atoms with Gasteiger partial charge in [-0.1, -0.05) is 30.3 Å². The fraction of sp³-hybridized carbons (Fsp3) is 0.333. The first kappa shape index (κ1) is 20.5. The number of carbonyl (C=O) groups is 2. The molecular formula is C21H26N2O4. The lowest BCUT2D eigenvalue weighted by molar-refractivity contribution is -0.127. The molecule has 0 radical (unpaired) electrons. The number of hydrogen-bond acceptors (Lipinski definition) is 4. The van der Waals surface area contributed by atoms with Crippen LogP contribution in [0.5, 0.6) is 0 Å². The van der Waals surface area contributed by atoms with Crippen LogP contribution in [0.3, 0.4) is 0 Å². The second kappa shape index (κ2) is 9.19. The van der Waals surface area contributed by atoms with Gasteiger partial charge in [-0.05, 0) is 57.5 Å². The number of ether oxygens (including phenoxy) is 2. The van der Waals surface area contributed by atoms with Crippen molar-refractivity contribution in [3.8, 4) is 0 Å². The van der Waals surface area contributed by atoms with Gasteiger partial charge in [-0.15, -0.1) is 0 Å². The Morgan fingerprint density at radius 3 is 2.04 bits per heavy atom. The molecule has 2 N–H and O–H groups in total. The predicted molar refractivity (Wildman–Crippen MR) is 106 cm³/mol. The van der Waals surface area contributed by atoms with Crippen LogP contribution in [0.4, 0.5) is 16.2 Å². The average Bonchev–Trinajstić information content (AvgIpc) is 2.60. The van der Waals surface area contributed by atoms with Crippen LogP contribution in [0.1, 0.15) is 33.3 Å². The Morgan fingerprint density at radius 1 is 0.926 bits per heavy atom. The minimum atomic E-state index is -0.593. The highest BCUT2D eigenvalue weighted by Gasteiger charge is 2.16. The molecule has 0 saturated carbocycles. The quantitative estimate of drug-likeness (QED) is 0.780. The van der Waals surface area contributed by atoms with Crippen molar-refractivity contribution in [1.29, 1.82) is 0 Å². The molecule has 27 heavy (non-hydrogen) atoms. The third kappa shape index (κ3) is 7.50. The first-order chi connectivity index (χ1) is 12.7. The molecule has 6 heteroatoms. The van der Waals surface area contributed by atoms with E-state index in [9.17, 15) is 9.59 Å². The van der Waals surface area contributed by atoms with Crippen LogP contribution in [-0.4, -0.2) is 23.7 Å². The molecule has 2 rings (SSSR count). The van der Waals surface area contributed by atoms with Crippen molar-refractivity contribution in [3.63, 3.8) is 0 Å². The normalized spacial score (nSPS) is 12.1. The molecule has 2 aromatic rings. The fourth-order valence-corrected chi connectivity index (χ4v) is 2.17. The Labute approximate surface area is 159 Å². The van der Waals surface area contributed by atoms with E-state index in [1.54, 1.807) is 52.0 Å². The van der Waals surface area contributed by atoms with Gasteiger partial charge in [0, 0.05) is 11.4 Å². The summed E-state index contributed by atoms with van der Waals surface area (Å²) >= 11 is 0. The zero-order chi connectivity index (χ0) is 19.9. The minimum Gasteiger partial charge on any atom is -0.444 e. The smallest absolute Gasteiger partial charge is 0.412 e. The van der Waals surface area contributed by atoms with E-state index in [0.717, 1.165) is 5.56 Å². The highest BCUT2D eigenvalue weighted by molar-refractivity contribution is 5.94. The second-order valence-corrected chi connectivity index (χ2v) is 7.13. The molecule has 144 valence electrons. The average molecular weight is 370 g/mol. The first-order valence-corrected chi connectivity index (χ1v) is 8.79. The zero-order valence-electron chi connectivity index (χ0n) is 16.1. The molecule has 0 aliphatic rings. The largest absolute Gasteiger partial charge is 0.444 e. The van der Waals surface area contributed by atoms with Crippen molar-refractivity contribution in [2.24, 2.45) is 0 Å². The van der Waals surface area contributed by atoms with Gasteiger partial charge in [0.1, 0.15) is 11.7 Å². The molecule has 0 bridgehead atoms. The lowest BCUT2D eigenvalue weighted by Gasteiger charge is -2.19. The van der Waals surface area contributed by atoms with Crippen LogP contribution in [-0.2, 0) is 20.9 Å². The molecule has 0 aliphatic heterocycles. The summed E-state index contributed by atoms with van der Waals surface area (Å²) in [6.45, 7) is 7.47. The maximum atomic E-state index is 12.2. The lowest BCUT2D eigenvalue weighted by Crippen LogP contribution is -2.28. The SMILES string of the molecule is CC(OCc1ccccc1)C(=O)Nc1ccc(NC(=O)OC(C)(C)C)cc1. The van der Waals surface area contributed by atoms with Gasteiger partial charge in [-0.2, -0.15) is 0 Å². The molecule has 0 saturated heterocycles. The first-order valence-electron chi connectivity index (χ1n) is 8.79. The minimum absolute atomic E-state index is 0.237. The second-order valence-electron chi connectivity index (χ2n) is 7.13. The van der Waals surface area contributed by atoms with E-state index >= 15 is 0 Å². The van der Waals surface area contributed by atoms with Crippen molar-refractivity contribution in [1.82, 2.24) is 0 Å². The monoisotopic (exact) mass is 370 g/mol. The fourth-order valence-electron chi connectivity index (χ4n) is 2.17. The van der Waals surface area contributed by atoms with Gasteiger partial charge in [-0.25, -0.2) is 4.79 Å². The van der Waals surface area contributed by atoms with E-state index in [0.29, 0.717) is 18.0 Å². The van der Waals surface area contributed by atoms with Gasteiger partial charge >= 0.3 is 6.09 Å². The van der Waals surface area contributed by atoms with E-state index < -0.39 is 17.8 Å². The standard InChI is InChI=1S/C21H26N2O4/c1-15(26-14-16-8-6-5-7-9-16)19(24)22-17-10-12-18(13-11-17)23-20(25)27-21(2,3)4/h5-13,15H,14H2,1-4H3,(H,22,24)(H,23,25). The number of hydrogen-bond donors (Lipinski definition) is 2. The number of benzene rings is 2. The predicted octanol–water partition coefficient (Wildman–Crippen LogP) is 4.58. The van der Waals surface area contributed by atoms with E-state index in [1.807, 2.05) is 30.3 Å². The Kier molecular flexibility index (Phi) is 6.96. The van der Waals surface area contributed by atoms with Crippen LogP contribution in [0.15, 0.2) is 54.6 Å². The van der Waals surface area contributed by atoms with E-state index in [-0.39, 0.29) is 5.91 Å². The lowest BCUT2D eigenvalue weighted by atomic mass is 10.2. The van der Waals surface area contributed by atoms with Crippen LogP contribution in [0.2, 0.25) is 0 Å². The summed E-state index contributed by atoms with van der Waals surface area (Å²) in [5, 5.41) is 5.43. The van der Waals surface area contributed by atoms with E-state index in [4.69, 9.17) is 9.47 Å². The van der Waals surface area contributed by atoms with Crippen LogP contribution < -0.4 is 10.6 Å². The summed E-state index contributed by atoms with van der Waals surface area (Å²) in [6.07, 6.45) is -1.12. The van der Waals surface area contributed by atoms with Gasteiger partial charge in [0.15, 0.2) is 0 Å². The molecule has 6 nitrogen and oxygen atoms in total. The van der Waals surface area contributed by atoms with Crippen molar-refractivity contribution < 1.29 is 19.1 Å². The Morgan fingerprint density at radius 2 is 1.48 bits per heavy atom. The van der Waals surface area contributed by atoms with Crippen molar-refractivity contribution in [2.45, 2.75) is 46.0 Å². The Bertz CT molecular complexity index is 752. The zero-order valence-corrected chi connectivity index (χ0v) is 16.1. The topological polar surface area (TPSA) is 76.7 Å². The summed E-state index contributed by atoms with van der Waals surface area (Å²) in [4.78, 5) is 24.0. The molecule has 0 spiro atoms. The number of nitrogens with one attached hydrogen (secondary N) is 2. The van der Waals surface area contributed by atoms with Crippen molar-refractivity contribution in [2.75, 3.05) is 10.6 Å². The van der Waals surface area contributed by atoms with Gasteiger partial charge in [0.05, 0.1) is 6.61 Å². The summed E-state index contributed by atoms with van der Waals surface area (Å²) in [5.41, 5.74) is 1.64.